The molecule has 4 nitrogen and oxygen atoms in total. The van der Waals surface area contributed by atoms with E-state index in [4.69, 9.17) is 11.6 Å². The Kier molecular flexibility index (Phi) is 8.51. The van der Waals surface area contributed by atoms with Crippen LogP contribution in [0.4, 0.5) is 11.4 Å². The van der Waals surface area contributed by atoms with E-state index in [9.17, 15) is 9.59 Å². The molecule has 2 aromatic carbocycles. The molecule has 0 bridgehead atoms. The smallest absolute Gasteiger partial charge is 0.234 e. The number of halogens is 1. The van der Waals surface area contributed by atoms with Crippen molar-refractivity contribution in [2.45, 2.75) is 26.2 Å². The molecule has 2 aromatic rings. The molecule has 2 amide bonds. The largest absolute Gasteiger partial charge is 0.325 e. The summed E-state index contributed by atoms with van der Waals surface area (Å²) in [6.45, 7) is 2.17. The van der Waals surface area contributed by atoms with Crippen LogP contribution in [0.15, 0.2) is 48.5 Å². The van der Waals surface area contributed by atoms with Crippen LogP contribution in [0.5, 0.6) is 0 Å². The average molecular weight is 391 g/mol. The third-order valence-corrected chi connectivity index (χ3v) is 4.84. The van der Waals surface area contributed by atoms with Gasteiger partial charge in [-0.3, -0.25) is 9.59 Å². The lowest BCUT2D eigenvalue weighted by atomic mass is 10.1. The van der Waals surface area contributed by atoms with Gasteiger partial charge in [0.2, 0.25) is 11.8 Å². The molecular weight excluding hydrogens is 368 g/mol. The Labute approximate surface area is 163 Å². The van der Waals surface area contributed by atoms with Crippen LogP contribution in [0.1, 0.15) is 25.3 Å². The highest BCUT2D eigenvalue weighted by molar-refractivity contribution is 8.00. The minimum atomic E-state index is -0.148. The molecule has 0 radical (unpaired) electrons. The molecule has 0 saturated carbocycles. The number of amides is 2. The number of rotatable bonds is 9. The second kappa shape index (κ2) is 10.9. The van der Waals surface area contributed by atoms with Crippen LogP contribution in [0.25, 0.3) is 0 Å². The molecule has 6 heteroatoms. The number of hydrogen-bond acceptors (Lipinski definition) is 3. The summed E-state index contributed by atoms with van der Waals surface area (Å²) in [4.78, 5) is 23.8. The summed E-state index contributed by atoms with van der Waals surface area (Å²) in [6.07, 6.45) is 3.39. The van der Waals surface area contributed by atoms with Crippen molar-refractivity contribution in [3.63, 3.8) is 0 Å². The van der Waals surface area contributed by atoms with Crippen molar-refractivity contribution in [2.75, 3.05) is 22.1 Å². The SMILES string of the molecule is CCCCc1ccc(NC(=O)CSCC(=O)Nc2ccc(Cl)cc2)cc1. The molecule has 0 saturated heterocycles. The summed E-state index contributed by atoms with van der Waals surface area (Å²) >= 11 is 7.08. The Balaban J connectivity index is 1.68. The molecule has 2 N–H and O–H groups in total. The van der Waals surface area contributed by atoms with E-state index in [2.05, 4.69) is 17.6 Å². The molecular formula is C20H23ClN2O2S. The molecule has 2 rings (SSSR count). The molecule has 0 heterocycles. The van der Waals surface area contributed by atoms with Gasteiger partial charge >= 0.3 is 0 Å². The second-order valence-corrected chi connectivity index (χ2v) is 7.32. The number of thioether (sulfide) groups is 1. The third-order valence-electron chi connectivity index (χ3n) is 3.65. The van der Waals surface area contributed by atoms with Crippen LogP contribution in [0.3, 0.4) is 0 Å². The van der Waals surface area contributed by atoms with Gasteiger partial charge in [0.1, 0.15) is 0 Å². The Hall–Kier alpha value is -1.98. The molecule has 0 fully saturated rings. The summed E-state index contributed by atoms with van der Waals surface area (Å²) in [5.74, 6) is 0.179. The molecule has 0 aliphatic heterocycles. The number of carbonyl (C=O) groups is 2. The lowest BCUT2D eigenvalue weighted by molar-refractivity contribution is -0.114. The number of carbonyl (C=O) groups excluding carboxylic acids is 2. The lowest BCUT2D eigenvalue weighted by Gasteiger charge is -2.07. The molecule has 138 valence electrons. The van der Waals surface area contributed by atoms with Gasteiger partial charge in [-0.2, -0.15) is 0 Å². The first kappa shape index (κ1) is 20.3. The minimum Gasteiger partial charge on any atom is -0.325 e. The molecule has 0 aliphatic carbocycles. The summed E-state index contributed by atoms with van der Waals surface area (Å²) < 4.78 is 0. The Morgan fingerprint density at radius 2 is 1.38 bits per heavy atom. The van der Waals surface area contributed by atoms with Crippen LogP contribution < -0.4 is 10.6 Å². The fraction of sp³-hybridized carbons (Fsp3) is 0.300. The van der Waals surface area contributed by atoms with Crippen LogP contribution in [-0.4, -0.2) is 23.3 Å². The van der Waals surface area contributed by atoms with Gasteiger partial charge in [-0.05, 0) is 54.8 Å². The molecule has 0 unspecified atom stereocenters. The number of anilines is 2. The van der Waals surface area contributed by atoms with Gasteiger partial charge < -0.3 is 10.6 Å². The van der Waals surface area contributed by atoms with Gasteiger partial charge in [0, 0.05) is 16.4 Å². The van der Waals surface area contributed by atoms with Crippen molar-refractivity contribution in [2.24, 2.45) is 0 Å². The quantitative estimate of drug-likeness (QED) is 0.633. The maximum absolute atomic E-state index is 12.0. The van der Waals surface area contributed by atoms with E-state index in [1.54, 1.807) is 24.3 Å². The topological polar surface area (TPSA) is 58.2 Å². The van der Waals surface area contributed by atoms with E-state index in [1.807, 2.05) is 24.3 Å². The first-order valence-corrected chi connectivity index (χ1v) is 10.1. The molecule has 0 aromatic heterocycles. The number of hydrogen-bond donors (Lipinski definition) is 2. The Bertz CT molecular complexity index is 718. The fourth-order valence-electron chi connectivity index (χ4n) is 2.30. The van der Waals surface area contributed by atoms with E-state index in [1.165, 1.54) is 30.2 Å². The lowest BCUT2D eigenvalue weighted by Crippen LogP contribution is -2.18. The third kappa shape index (κ3) is 7.50. The number of benzene rings is 2. The first-order valence-electron chi connectivity index (χ1n) is 8.59. The van der Waals surface area contributed by atoms with Crippen molar-refractivity contribution < 1.29 is 9.59 Å². The molecule has 0 atom stereocenters. The van der Waals surface area contributed by atoms with Gasteiger partial charge in [0.15, 0.2) is 0 Å². The second-order valence-electron chi connectivity index (χ2n) is 5.90. The van der Waals surface area contributed by atoms with Gasteiger partial charge in [0.05, 0.1) is 11.5 Å². The summed E-state index contributed by atoms with van der Waals surface area (Å²) in [7, 11) is 0. The zero-order valence-electron chi connectivity index (χ0n) is 14.8. The first-order chi connectivity index (χ1) is 12.6. The van der Waals surface area contributed by atoms with Gasteiger partial charge in [-0.25, -0.2) is 0 Å². The van der Waals surface area contributed by atoms with Gasteiger partial charge in [0.25, 0.3) is 0 Å². The van der Waals surface area contributed by atoms with Crippen molar-refractivity contribution in [1.82, 2.24) is 0 Å². The zero-order chi connectivity index (χ0) is 18.8. The van der Waals surface area contributed by atoms with Crippen LogP contribution in [0.2, 0.25) is 5.02 Å². The average Bonchev–Trinajstić information content (AvgIpc) is 2.63. The predicted molar refractivity (Wildman–Crippen MR) is 111 cm³/mol. The molecule has 0 spiro atoms. The van der Waals surface area contributed by atoms with Crippen LogP contribution >= 0.6 is 23.4 Å². The maximum Gasteiger partial charge on any atom is 0.234 e. The zero-order valence-corrected chi connectivity index (χ0v) is 16.3. The fourth-order valence-corrected chi connectivity index (χ4v) is 3.04. The van der Waals surface area contributed by atoms with E-state index in [-0.39, 0.29) is 23.3 Å². The Morgan fingerprint density at radius 3 is 1.88 bits per heavy atom. The number of aryl methyl sites for hydroxylation is 1. The van der Waals surface area contributed by atoms with Crippen molar-refractivity contribution in [3.8, 4) is 0 Å². The molecule has 0 aliphatic rings. The minimum absolute atomic E-state index is 0.115. The number of nitrogens with one attached hydrogen (secondary N) is 2. The normalized spacial score (nSPS) is 10.4. The number of unbranched alkanes of at least 4 members (excludes halogenated alkanes) is 1. The summed E-state index contributed by atoms with van der Waals surface area (Å²) in [5.41, 5.74) is 2.74. The summed E-state index contributed by atoms with van der Waals surface area (Å²) in [5, 5.41) is 6.23. The van der Waals surface area contributed by atoms with Gasteiger partial charge in [-0.15, -0.1) is 11.8 Å². The van der Waals surface area contributed by atoms with E-state index < -0.39 is 0 Å². The van der Waals surface area contributed by atoms with Crippen molar-refractivity contribution >= 4 is 46.6 Å². The highest BCUT2D eigenvalue weighted by atomic mass is 35.5. The highest BCUT2D eigenvalue weighted by Crippen LogP contribution is 2.15. The van der Waals surface area contributed by atoms with E-state index in [0.717, 1.165) is 12.1 Å². The van der Waals surface area contributed by atoms with Crippen LogP contribution in [0, 0.1) is 0 Å². The van der Waals surface area contributed by atoms with Crippen LogP contribution in [-0.2, 0) is 16.0 Å². The molecule has 26 heavy (non-hydrogen) atoms. The monoisotopic (exact) mass is 390 g/mol. The maximum atomic E-state index is 12.0. The summed E-state index contributed by atoms with van der Waals surface area (Å²) in [6, 6.07) is 14.8. The van der Waals surface area contributed by atoms with Crippen molar-refractivity contribution in [3.05, 3.63) is 59.1 Å². The highest BCUT2D eigenvalue weighted by Gasteiger charge is 2.07. The van der Waals surface area contributed by atoms with E-state index >= 15 is 0 Å². The van der Waals surface area contributed by atoms with Crippen molar-refractivity contribution in [1.29, 1.82) is 0 Å². The standard InChI is InChI=1S/C20H23ClN2O2S/c1-2-3-4-15-5-9-17(10-6-15)22-19(24)13-26-14-20(25)23-18-11-7-16(21)8-12-18/h5-12H,2-4,13-14H2,1H3,(H,22,24)(H,23,25). The Morgan fingerprint density at radius 1 is 0.885 bits per heavy atom. The van der Waals surface area contributed by atoms with Gasteiger partial charge in [-0.1, -0.05) is 37.1 Å². The predicted octanol–water partition coefficient (Wildman–Crippen LogP) is 4.99. The van der Waals surface area contributed by atoms with E-state index in [0.29, 0.717) is 10.7 Å².